The molecule has 0 saturated carbocycles. The summed E-state index contributed by atoms with van der Waals surface area (Å²) in [4.78, 5) is 41.3. The first-order chi connectivity index (χ1) is 13.5. The molecule has 0 bridgehead atoms. The van der Waals surface area contributed by atoms with Crippen molar-refractivity contribution in [2.75, 3.05) is 4.90 Å². The van der Waals surface area contributed by atoms with Crippen molar-refractivity contribution in [1.29, 1.82) is 0 Å². The second kappa shape index (κ2) is 7.28. The molecule has 0 atom stereocenters. The lowest BCUT2D eigenvalue weighted by Crippen LogP contribution is -2.28. The minimum Gasteiger partial charge on any atom is -0.476 e. The summed E-state index contributed by atoms with van der Waals surface area (Å²) in [7, 11) is 0. The molecule has 9 heteroatoms. The number of furan rings is 1. The molecule has 3 heterocycles. The van der Waals surface area contributed by atoms with Gasteiger partial charge in [0.2, 0.25) is 5.91 Å². The van der Waals surface area contributed by atoms with Crippen molar-refractivity contribution in [3.05, 3.63) is 69.6 Å². The molecule has 8 nitrogen and oxygen atoms in total. The van der Waals surface area contributed by atoms with Crippen molar-refractivity contribution in [1.82, 2.24) is 10.3 Å². The number of benzene rings is 1. The highest BCUT2D eigenvalue weighted by Gasteiger charge is 2.28. The van der Waals surface area contributed by atoms with Gasteiger partial charge >= 0.3 is 5.97 Å². The summed E-state index contributed by atoms with van der Waals surface area (Å²) in [6.07, 6.45) is 1.74. The van der Waals surface area contributed by atoms with Gasteiger partial charge in [-0.2, -0.15) is 0 Å². The number of nitrogens with zero attached hydrogens (tertiary/aromatic N) is 2. The minimum atomic E-state index is -1.11. The Morgan fingerprint density at radius 2 is 2.11 bits per heavy atom. The zero-order chi connectivity index (χ0) is 19.7. The quantitative estimate of drug-likeness (QED) is 0.661. The highest BCUT2D eigenvalue weighted by molar-refractivity contribution is 7.09. The van der Waals surface area contributed by atoms with Crippen molar-refractivity contribution in [3.8, 4) is 0 Å². The number of carbonyl (C=O) groups excluding carboxylic acids is 2. The van der Waals surface area contributed by atoms with Gasteiger partial charge < -0.3 is 19.7 Å². The van der Waals surface area contributed by atoms with E-state index in [2.05, 4.69) is 10.3 Å². The number of para-hydroxylation sites is 1. The van der Waals surface area contributed by atoms with Crippen LogP contribution in [-0.2, 0) is 24.3 Å². The van der Waals surface area contributed by atoms with Gasteiger partial charge in [-0.05, 0) is 17.7 Å². The number of carbonyl (C=O) groups is 3. The van der Waals surface area contributed by atoms with Crippen molar-refractivity contribution >= 4 is 34.8 Å². The Morgan fingerprint density at radius 3 is 2.89 bits per heavy atom. The number of hydrogen-bond acceptors (Lipinski definition) is 6. The lowest BCUT2D eigenvalue weighted by Gasteiger charge is -2.17. The van der Waals surface area contributed by atoms with E-state index in [9.17, 15) is 14.4 Å². The molecule has 28 heavy (non-hydrogen) atoms. The molecule has 1 aliphatic rings. The predicted octanol–water partition coefficient (Wildman–Crippen LogP) is 2.45. The van der Waals surface area contributed by atoms with Crippen LogP contribution in [0.15, 0.2) is 46.4 Å². The van der Waals surface area contributed by atoms with E-state index >= 15 is 0 Å². The van der Waals surface area contributed by atoms with Crippen LogP contribution in [-0.4, -0.2) is 27.9 Å². The van der Waals surface area contributed by atoms with E-state index in [0.29, 0.717) is 17.0 Å². The molecular formula is C19H15N3O5S. The molecule has 2 amide bonds. The van der Waals surface area contributed by atoms with E-state index in [1.165, 1.54) is 11.6 Å². The molecule has 3 aromatic rings. The van der Waals surface area contributed by atoms with Crippen LogP contribution < -0.4 is 10.2 Å². The van der Waals surface area contributed by atoms with Crippen LogP contribution in [0.4, 0.5) is 5.69 Å². The van der Waals surface area contributed by atoms with E-state index in [-0.39, 0.29) is 30.5 Å². The first kappa shape index (κ1) is 17.9. The number of fused-ring (bicyclic) bond motifs is 1. The monoisotopic (exact) mass is 397 g/mol. The average molecular weight is 397 g/mol. The molecule has 0 radical (unpaired) electrons. The van der Waals surface area contributed by atoms with Gasteiger partial charge in [-0.15, -0.1) is 11.3 Å². The number of aromatic nitrogens is 1. The minimum absolute atomic E-state index is 0.0299. The Labute approximate surface area is 163 Å². The number of amides is 2. The van der Waals surface area contributed by atoms with Crippen LogP contribution in [0.1, 0.15) is 37.2 Å². The van der Waals surface area contributed by atoms with Crippen LogP contribution in [0, 0.1) is 0 Å². The topological polar surface area (TPSA) is 113 Å². The molecule has 2 N–H and O–H groups in total. The van der Waals surface area contributed by atoms with E-state index in [4.69, 9.17) is 9.52 Å². The van der Waals surface area contributed by atoms with Gasteiger partial charge in [-0.1, -0.05) is 18.2 Å². The zero-order valence-electron chi connectivity index (χ0n) is 14.5. The van der Waals surface area contributed by atoms with Crippen LogP contribution in [0.25, 0.3) is 0 Å². The van der Waals surface area contributed by atoms with Crippen molar-refractivity contribution in [2.45, 2.75) is 19.5 Å². The molecule has 0 unspecified atom stereocenters. The number of aromatic carboxylic acids is 1. The second-order valence-electron chi connectivity index (χ2n) is 6.17. The first-order valence-electron chi connectivity index (χ1n) is 8.43. The molecule has 0 aliphatic carbocycles. The van der Waals surface area contributed by atoms with Gasteiger partial charge in [0.1, 0.15) is 5.01 Å². The van der Waals surface area contributed by atoms with Gasteiger partial charge in [0.15, 0.2) is 11.5 Å². The largest absolute Gasteiger partial charge is 0.476 e. The molecule has 4 rings (SSSR count). The third kappa shape index (κ3) is 3.39. The Bertz CT molecular complexity index is 1070. The smallest absolute Gasteiger partial charge is 0.355 e. The molecule has 1 aliphatic heterocycles. The summed E-state index contributed by atoms with van der Waals surface area (Å²) >= 11 is 1.15. The van der Waals surface area contributed by atoms with Crippen LogP contribution in [0.3, 0.4) is 0 Å². The summed E-state index contributed by atoms with van der Waals surface area (Å²) in [5.74, 6) is -1.48. The standard InChI is InChI=1S/C19H15N3O5S/c23-16-7-11-3-1-2-4-14(11)22(16)9-12-5-6-27-17(12)18(24)20-8-15-21-13(10-28-15)19(25)26/h1-6,10H,7-9H2,(H,20,24)(H,25,26). The van der Waals surface area contributed by atoms with Gasteiger partial charge in [0.25, 0.3) is 5.91 Å². The van der Waals surface area contributed by atoms with Crippen molar-refractivity contribution in [3.63, 3.8) is 0 Å². The number of carboxylic acid groups (broad SMARTS) is 1. The Kier molecular flexibility index (Phi) is 4.66. The first-order valence-corrected chi connectivity index (χ1v) is 9.31. The van der Waals surface area contributed by atoms with Crippen molar-refractivity contribution in [2.24, 2.45) is 0 Å². The van der Waals surface area contributed by atoms with Gasteiger partial charge in [-0.3, -0.25) is 9.59 Å². The van der Waals surface area contributed by atoms with Crippen LogP contribution in [0.5, 0.6) is 0 Å². The highest BCUT2D eigenvalue weighted by atomic mass is 32.1. The van der Waals surface area contributed by atoms with Gasteiger partial charge in [0.05, 0.1) is 25.8 Å². The number of nitrogens with one attached hydrogen (secondary N) is 1. The fourth-order valence-corrected chi connectivity index (χ4v) is 3.75. The van der Waals surface area contributed by atoms with Crippen molar-refractivity contribution < 1.29 is 23.9 Å². The normalized spacial score (nSPS) is 12.9. The number of rotatable bonds is 6. The number of anilines is 1. The summed E-state index contributed by atoms with van der Waals surface area (Å²) < 4.78 is 5.33. The second-order valence-corrected chi connectivity index (χ2v) is 7.12. The number of carboxylic acids is 1. The van der Waals surface area contributed by atoms with Gasteiger partial charge in [-0.25, -0.2) is 9.78 Å². The SMILES string of the molecule is O=C(O)c1csc(CNC(=O)c2occc2CN2C(=O)Cc3ccccc32)n1. The maximum absolute atomic E-state index is 12.5. The van der Waals surface area contributed by atoms with E-state index < -0.39 is 11.9 Å². The fourth-order valence-electron chi connectivity index (χ4n) is 3.05. The fraction of sp³-hybridized carbons (Fsp3) is 0.158. The number of hydrogen-bond donors (Lipinski definition) is 2. The lowest BCUT2D eigenvalue weighted by atomic mass is 10.1. The van der Waals surface area contributed by atoms with E-state index in [1.807, 2.05) is 24.3 Å². The highest BCUT2D eigenvalue weighted by Crippen LogP contribution is 2.30. The summed E-state index contributed by atoms with van der Waals surface area (Å²) in [6.45, 7) is 0.317. The van der Waals surface area contributed by atoms with Crippen LogP contribution >= 0.6 is 11.3 Å². The third-order valence-electron chi connectivity index (χ3n) is 4.38. The predicted molar refractivity (Wildman–Crippen MR) is 100 cm³/mol. The maximum Gasteiger partial charge on any atom is 0.355 e. The van der Waals surface area contributed by atoms with E-state index in [1.54, 1.807) is 11.0 Å². The summed E-state index contributed by atoms with van der Waals surface area (Å²) in [6, 6.07) is 9.21. The molecule has 142 valence electrons. The zero-order valence-corrected chi connectivity index (χ0v) is 15.4. The molecular weight excluding hydrogens is 382 g/mol. The number of thiazole rings is 1. The third-order valence-corrected chi connectivity index (χ3v) is 5.23. The van der Waals surface area contributed by atoms with Crippen LogP contribution in [0.2, 0.25) is 0 Å². The Balaban J connectivity index is 1.46. The molecule has 1 aromatic carbocycles. The maximum atomic E-state index is 12.5. The molecule has 0 spiro atoms. The lowest BCUT2D eigenvalue weighted by molar-refractivity contribution is -0.117. The Morgan fingerprint density at radius 1 is 1.29 bits per heavy atom. The molecule has 0 saturated heterocycles. The average Bonchev–Trinajstić information content (AvgIpc) is 3.40. The Hall–Kier alpha value is -3.46. The molecule has 2 aromatic heterocycles. The summed E-state index contributed by atoms with van der Waals surface area (Å²) in [5.41, 5.74) is 2.33. The molecule has 0 fully saturated rings. The van der Waals surface area contributed by atoms with E-state index in [0.717, 1.165) is 22.6 Å². The summed E-state index contributed by atoms with van der Waals surface area (Å²) in [5, 5.41) is 13.5. The van der Waals surface area contributed by atoms with Gasteiger partial charge in [0, 0.05) is 16.6 Å².